The number of alkyl halides is 3. The molecular formula is C12H16F3N3O. The lowest BCUT2D eigenvalue weighted by molar-refractivity contribution is -0.141. The maximum atomic E-state index is 12.6. The summed E-state index contributed by atoms with van der Waals surface area (Å²) in [5.74, 6) is 0.140. The van der Waals surface area contributed by atoms with E-state index in [2.05, 4.69) is 4.98 Å². The SMILES string of the molecule is CC1CCN(c2cc(C(F)(F)F)ncc2N)CC1O. The van der Waals surface area contributed by atoms with Gasteiger partial charge in [0.1, 0.15) is 5.69 Å². The highest BCUT2D eigenvalue weighted by Crippen LogP contribution is 2.34. The zero-order valence-corrected chi connectivity index (χ0v) is 10.5. The molecular weight excluding hydrogens is 259 g/mol. The highest BCUT2D eigenvalue weighted by Gasteiger charge is 2.34. The summed E-state index contributed by atoms with van der Waals surface area (Å²) < 4.78 is 37.9. The van der Waals surface area contributed by atoms with Crippen molar-refractivity contribution in [2.24, 2.45) is 5.92 Å². The average molecular weight is 275 g/mol. The summed E-state index contributed by atoms with van der Waals surface area (Å²) in [6.07, 6.45) is -3.33. The number of anilines is 2. The largest absolute Gasteiger partial charge is 0.433 e. The number of aliphatic hydroxyl groups is 1. The van der Waals surface area contributed by atoms with E-state index in [0.717, 1.165) is 12.3 Å². The Labute approximate surface area is 109 Å². The molecule has 0 aromatic carbocycles. The molecule has 2 rings (SSSR count). The maximum absolute atomic E-state index is 12.6. The fraction of sp³-hybridized carbons (Fsp3) is 0.583. The van der Waals surface area contributed by atoms with Crippen LogP contribution in [-0.2, 0) is 6.18 Å². The lowest BCUT2D eigenvalue weighted by atomic mass is 9.95. The second-order valence-corrected chi connectivity index (χ2v) is 4.91. The summed E-state index contributed by atoms with van der Waals surface area (Å²) in [6, 6.07) is 0.942. The van der Waals surface area contributed by atoms with E-state index < -0.39 is 18.0 Å². The van der Waals surface area contributed by atoms with E-state index in [1.54, 1.807) is 4.90 Å². The summed E-state index contributed by atoms with van der Waals surface area (Å²) in [6.45, 7) is 2.77. The first-order valence-corrected chi connectivity index (χ1v) is 6.04. The number of nitrogens with zero attached hydrogens (tertiary/aromatic N) is 2. The predicted molar refractivity (Wildman–Crippen MR) is 65.7 cm³/mol. The van der Waals surface area contributed by atoms with Gasteiger partial charge in [0, 0.05) is 13.1 Å². The molecule has 0 amide bonds. The zero-order chi connectivity index (χ0) is 14.2. The quantitative estimate of drug-likeness (QED) is 0.821. The Morgan fingerprint density at radius 3 is 2.74 bits per heavy atom. The van der Waals surface area contributed by atoms with Gasteiger partial charge >= 0.3 is 6.18 Å². The Balaban J connectivity index is 2.29. The molecule has 7 heteroatoms. The van der Waals surface area contributed by atoms with Gasteiger partial charge in [-0.1, -0.05) is 6.92 Å². The second kappa shape index (κ2) is 4.88. The third-order valence-corrected chi connectivity index (χ3v) is 3.46. The number of nitrogens with two attached hydrogens (primary N) is 1. The Morgan fingerprint density at radius 1 is 1.47 bits per heavy atom. The number of piperidine rings is 1. The Bertz CT molecular complexity index is 464. The van der Waals surface area contributed by atoms with Crippen molar-refractivity contribution in [3.05, 3.63) is 18.0 Å². The molecule has 1 aromatic heterocycles. The normalized spacial score (nSPS) is 24.6. The molecule has 0 aliphatic carbocycles. The molecule has 1 fully saturated rings. The van der Waals surface area contributed by atoms with Gasteiger partial charge in [-0.2, -0.15) is 13.2 Å². The summed E-state index contributed by atoms with van der Waals surface area (Å²) >= 11 is 0. The van der Waals surface area contributed by atoms with Crippen LogP contribution in [0.1, 0.15) is 19.0 Å². The van der Waals surface area contributed by atoms with E-state index in [1.165, 1.54) is 0 Å². The van der Waals surface area contributed by atoms with Gasteiger partial charge in [-0.25, -0.2) is 4.98 Å². The molecule has 3 N–H and O–H groups in total. The molecule has 1 aliphatic heterocycles. The number of halogens is 3. The van der Waals surface area contributed by atoms with Crippen LogP contribution in [0.4, 0.5) is 24.5 Å². The van der Waals surface area contributed by atoms with Crippen LogP contribution < -0.4 is 10.6 Å². The second-order valence-electron chi connectivity index (χ2n) is 4.91. The minimum absolute atomic E-state index is 0.140. The summed E-state index contributed by atoms with van der Waals surface area (Å²) in [5, 5.41) is 9.81. The van der Waals surface area contributed by atoms with E-state index >= 15 is 0 Å². The molecule has 1 aliphatic rings. The van der Waals surface area contributed by atoms with Gasteiger partial charge in [0.05, 0.1) is 23.7 Å². The molecule has 1 saturated heterocycles. The fourth-order valence-electron chi connectivity index (χ4n) is 2.15. The first kappa shape index (κ1) is 13.9. The maximum Gasteiger partial charge on any atom is 0.433 e. The van der Waals surface area contributed by atoms with Gasteiger partial charge < -0.3 is 15.7 Å². The van der Waals surface area contributed by atoms with E-state index in [-0.39, 0.29) is 23.8 Å². The predicted octanol–water partition coefficient (Wildman–Crippen LogP) is 1.89. The first-order chi connectivity index (χ1) is 8.79. The molecule has 0 bridgehead atoms. The number of β-amino-alcohol motifs (C(OH)–C–C–N with tert-alkyl or cyclic N) is 1. The lowest BCUT2D eigenvalue weighted by Crippen LogP contribution is -2.43. The summed E-state index contributed by atoms with van der Waals surface area (Å²) in [5.41, 5.74) is 5.20. The van der Waals surface area contributed by atoms with Crippen molar-refractivity contribution in [3.8, 4) is 0 Å². The van der Waals surface area contributed by atoms with Crippen molar-refractivity contribution in [2.45, 2.75) is 25.6 Å². The smallest absolute Gasteiger partial charge is 0.396 e. The number of pyridine rings is 1. The molecule has 1 aromatic rings. The fourth-order valence-corrected chi connectivity index (χ4v) is 2.15. The molecule has 2 atom stereocenters. The molecule has 0 spiro atoms. The molecule has 0 saturated carbocycles. The minimum Gasteiger partial charge on any atom is -0.396 e. The highest BCUT2D eigenvalue weighted by atomic mass is 19.4. The average Bonchev–Trinajstić information content (AvgIpc) is 2.32. The first-order valence-electron chi connectivity index (χ1n) is 6.04. The Kier molecular flexibility index (Phi) is 3.58. The monoisotopic (exact) mass is 275 g/mol. The van der Waals surface area contributed by atoms with Crippen LogP contribution in [0.2, 0.25) is 0 Å². The molecule has 2 heterocycles. The van der Waals surface area contributed by atoms with Gasteiger partial charge in [-0.05, 0) is 18.4 Å². The van der Waals surface area contributed by atoms with Crippen molar-refractivity contribution < 1.29 is 18.3 Å². The zero-order valence-electron chi connectivity index (χ0n) is 10.5. The molecule has 106 valence electrons. The van der Waals surface area contributed by atoms with Crippen LogP contribution >= 0.6 is 0 Å². The van der Waals surface area contributed by atoms with Crippen molar-refractivity contribution >= 4 is 11.4 Å². The Morgan fingerprint density at radius 2 is 2.16 bits per heavy atom. The van der Waals surface area contributed by atoms with Crippen molar-refractivity contribution in [1.29, 1.82) is 0 Å². The standard InChI is InChI=1S/C12H16F3N3O/c1-7-2-3-18(6-10(7)19)9-4-11(12(13,14)15)17-5-8(9)16/h4-5,7,10,19H,2-3,6,16H2,1H3. The van der Waals surface area contributed by atoms with Crippen molar-refractivity contribution in [3.63, 3.8) is 0 Å². The van der Waals surface area contributed by atoms with Gasteiger partial charge in [-0.15, -0.1) is 0 Å². The van der Waals surface area contributed by atoms with E-state index in [9.17, 15) is 18.3 Å². The lowest BCUT2D eigenvalue weighted by Gasteiger charge is -2.36. The summed E-state index contributed by atoms with van der Waals surface area (Å²) in [4.78, 5) is 4.98. The minimum atomic E-state index is -4.50. The van der Waals surface area contributed by atoms with Crippen molar-refractivity contribution in [1.82, 2.24) is 4.98 Å². The van der Waals surface area contributed by atoms with Gasteiger partial charge in [0.2, 0.25) is 0 Å². The molecule has 0 radical (unpaired) electrons. The highest BCUT2D eigenvalue weighted by molar-refractivity contribution is 5.67. The number of aromatic nitrogens is 1. The molecule has 19 heavy (non-hydrogen) atoms. The molecule has 2 unspecified atom stereocenters. The number of rotatable bonds is 1. The van der Waals surface area contributed by atoms with Crippen LogP contribution in [0.15, 0.2) is 12.3 Å². The number of nitrogen functional groups attached to an aromatic ring is 1. The number of hydrogen-bond donors (Lipinski definition) is 2. The van der Waals surface area contributed by atoms with Crippen molar-refractivity contribution in [2.75, 3.05) is 23.7 Å². The van der Waals surface area contributed by atoms with E-state index in [1.807, 2.05) is 6.92 Å². The van der Waals surface area contributed by atoms with Crippen LogP contribution in [0.5, 0.6) is 0 Å². The van der Waals surface area contributed by atoms with Gasteiger partial charge in [0.15, 0.2) is 0 Å². The van der Waals surface area contributed by atoms with Gasteiger partial charge in [-0.3, -0.25) is 0 Å². The van der Waals surface area contributed by atoms with Crippen LogP contribution in [0.25, 0.3) is 0 Å². The van der Waals surface area contributed by atoms with E-state index in [0.29, 0.717) is 13.0 Å². The van der Waals surface area contributed by atoms with Crippen LogP contribution in [-0.4, -0.2) is 29.3 Å². The topological polar surface area (TPSA) is 62.4 Å². The number of hydrogen-bond acceptors (Lipinski definition) is 4. The Hall–Kier alpha value is -1.50. The number of aliphatic hydroxyl groups excluding tert-OH is 1. The molecule has 4 nitrogen and oxygen atoms in total. The van der Waals surface area contributed by atoms with E-state index in [4.69, 9.17) is 5.73 Å². The third kappa shape index (κ3) is 2.91. The van der Waals surface area contributed by atoms with Crippen LogP contribution in [0, 0.1) is 5.92 Å². The van der Waals surface area contributed by atoms with Gasteiger partial charge in [0.25, 0.3) is 0 Å². The third-order valence-electron chi connectivity index (χ3n) is 3.46. The summed E-state index contributed by atoms with van der Waals surface area (Å²) in [7, 11) is 0. The van der Waals surface area contributed by atoms with Crippen LogP contribution in [0.3, 0.4) is 0 Å².